The van der Waals surface area contributed by atoms with Gasteiger partial charge in [-0.2, -0.15) is 21.7 Å². The van der Waals surface area contributed by atoms with E-state index < -0.39 is 5.54 Å². The maximum atomic E-state index is 14.0. The lowest BCUT2D eigenvalue weighted by molar-refractivity contribution is -0.141. The average Bonchev–Trinajstić information content (AvgIpc) is 3.67. The number of nitrogens with zero attached hydrogens (tertiary/aromatic N) is 5. The number of amides is 1. The van der Waals surface area contributed by atoms with Gasteiger partial charge >= 0.3 is 0 Å². The number of morpholine rings is 1. The van der Waals surface area contributed by atoms with Crippen molar-refractivity contribution in [1.29, 1.82) is 5.26 Å². The number of anilines is 1. The molecule has 0 N–H and O–H groups in total. The predicted molar refractivity (Wildman–Crippen MR) is 153 cm³/mol. The van der Waals surface area contributed by atoms with Crippen molar-refractivity contribution in [2.24, 2.45) is 0 Å². The summed E-state index contributed by atoms with van der Waals surface area (Å²) in [6.45, 7) is 7.03. The van der Waals surface area contributed by atoms with Gasteiger partial charge in [0, 0.05) is 58.6 Å². The van der Waals surface area contributed by atoms with Crippen molar-refractivity contribution < 1.29 is 19.0 Å². The second-order valence-corrected chi connectivity index (χ2v) is 11.4. The number of rotatable bonds is 6. The molecular formula is C30H31N5O4S. The van der Waals surface area contributed by atoms with Crippen LogP contribution in [0.2, 0.25) is 0 Å². The van der Waals surface area contributed by atoms with Crippen molar-refractivity contribution in [1.82, 2.24) is 14.7 Å². The SMILES string of the molecule is COc1cc2c(cc1-c1cnn(CCC#N)c1)C1=C(CO2)C(C(=O)N2CCOCC2(C)C)=CCN1c1ccsc1. The summed E-state index contributed by atoms with van der Waals surface area (Å²) in [5, 5.41) is 17.6. The number of aryl methyl sites for hydroxylation is 1. The molecule has 1 saturated heterocycles. The topological polar surface area (TPSA) is 92.9 Å². The highest BCUT2D eigenvalue weighted by atomic mass is 32.1. The van der Waals surface area contributed by atoms with Crippen LogP contribution in [0.4, 0.5) is 5.69 Å². The van der Waals surface area contributed by atoms with Crippen LogP contribution in [0.5, 0.6) is 11.5 Å². The zero-order valence-corrected chi connectivity index (χ0v) is 23.7. The Morgan fingerprint density at radius 2 is 2.17 bits per heavy atom. The van der Waals surface area contributed by atoms with Crippen LogP contribution in [0, 0.1) is 11.3 Å². The first-order chi connectivity index (χ1) is 19.4. The van der Waals surface area contributed by atoms with Crippen molar-refractivity contribution in [3.63, 3.8) is 0 Å². The molecule has 0 bridgehead atoms. The molecule has 6 rings (SSSR count). The Kier molecular flexibility index (Phi) is 6.86. The highest BCUT2D eigenvalue weighted by molar-refractivity contribution is 7.08. The van der Waals surface area contributed by atoms with Crippen molar-refractivity contribution in [3.05, 3.63) is 64.1 Å². The van der Waals surface area contributed by atoms with E-state index in [-0.39, 0.29) is 12.5 Å². The van der Waals surface area contributed by atoms with Crippen molar-refractivity contribution in [3.8, 4) is 28.7 Å². The van der Waals surface area contributed by atoms with Crippen LogP contribution < -0.4 is 14.4 Å². The molecule has 206 valence electrons. The number of carbonyl (C=O) groups is 1. The van der Waals surface area contributed by atoms with Gasteiger partial charge in [-0.05, 0) is 31.4 Å². The van der Waals surface area contributed by atoms with Gasteiger partial charge in [0.2, 0.25) is 0 Å². The lowest BCUT2D eigenvalue weighted by Gasteiger charge is -2.44. The van der Waals surface area contributed by atoms with E-state index in [2.05, 4.69) is 39.0 Å². The van der Waals surface area contributed by atoms with Gasteiger partial charge < -0.3 is 24.0 Å². The molecule has 0 saturated carbocycles. The van der Waals surface area contributed by atoms with Crippen molar-refractivity contribution >= 4 is 28.6 Å². The normalized spacial score (nSPS) is 17.9. The highest BCUT2D eigenvalue weighted by Crippen LogP contribution is 2.47. The number of ether oxygens (including phenoxy) is 3. The van der Waals surface area contributed by atoms with E-state index >= 15 is 0 Å². The molecule has 3 aliphatic rings. The van der Waals surface area contributed by atoms with Crippen LogP contribution >= 0.6 is 11.3 Å². The van der Waals surface area contributed by atoms with E-state index in [1.807, 2.05) is 37.1 Å². The number of methoxy groups -OCH3 is 1. The number of thiophene rings is 1. The molecular weight excluding hydrogens is 526 g/mol. The van der Waals surface area contributed by atoms with Gasteiger partial charge in [0.15, 0.2) is 0 Å². The Morgan fingerprint density at radius 3 is 2.92 bits per heavy atom. The van der Waals surface area contributed by atoms with E-state index in [9.17, 15) is 4.79 Å². The fourth-order valence-electron chi connectivity index (χ4n) is 5.58. The van der Waals surface area contributed by atoms with Crippen LogP contribution in [-0.4, -0.2) is 66.1 Å². The number of fused-ring (bicyclic) bond motifs is 2. The van der Waals surface area contributed by atoms with E-state index in [4.69, 9.17) is 19.5 Å². The number of aromatic nitrogens is 2. The zero-order chi connectivity index (χ0) is 27.9. The van der Waals surface area contributed by atoms with Crippen LogP contribution in [0.3, 0.4) is 0 Å². The quantitative estimate of drug-likeness (QED) is 0.433. The molecule has 3 aromatic rings. The summed E-state index contributed by atoms with van der Waals surface area (Å²) in [4.78, 5) is 18.2. The molecule has 5 heterocycles. The zero-order valence-electron chi connectivity index (χ0n) is 22.8. The molecule has 9 nitrogen and oxygen atoms in total. The number of benzene rings is 1. The Bertz CT molecular complexity index is 1550. The summed E-state index contributed by atoms with van der Waals surface area (Å²) in [5.41, 5.74) is 5.84. The fraction of sp³-hybridized carbons (Fsp3) is 0.367. The Morgan fingerprint density at radius 1 is 1.30 bits per heavy atom. The molecule has 2 aromatic heterocycles. The summed E-state index contributed by atoms with van der Waals surface area (Å²) in [6.07, 6.45) is 6.12. The molecule has 10 heteroatoms. The summed E-state index contributed by atoms with van der Waals surface area (Å²) in [5.74, 6) is 1.38. The number of hydrogen-bond donors (Lipinski definition) is 0. The third-order valence-electron chi connectivity index (χ3n) is 7.62. The number of nitriles is 1. The van der Waals surface area contributed by atoms with Crippen molar-refractivity contribution in [2.45, 2.75) is 32.4 Å². The van der Waals surface area contributed by atoms with Gasteiger partial charge in [-0.1, -0.05) is 6.08 Å². The van der Waals surface area contributed by atoms with Gasteiger partial charge in [-0.15, -0.1) is 0 Å². The van der Waals surface area contributed by atoms with Gasteiger partial charge in [-0.25, -0.2) is 0 Å². The minimum atomic E-state index is -0.402. The standard InChI is InChI=1S/C30H31N5O4S/c1-30(2)19-38-11-10-35(30)29(36)22-5-9-34(21-6-12-40-18-21)28-24-13-23(20-15-32-33(16-20)8-4-7-31)26(37-3)14-27(24)39-17-25(22)28/h5-6,12-16,18H,4,8-11,17,19H2,1-3H3. The molecule has 0 aliphatic carbocycles. The highest BCUT2D eigenvalue weighted by Gasteiger charge is 2.40. The minimum absolute atomic E-state index is 0.00493. The van der Waals surface area contributed by atoms with E-state index in [0.717, 1.165) is 33.6 Å². The molecule has 1 aromatic carbocycles. The Labute approximate surface area is 237 Å². The van der Waals surface area contributed by atoms with Gasteiger partial charge in [0.05, 0.1) is 62.5 Å². The summed E-state index contributed by atoms with van der Waals surface area (Å²) in [6, 6.07) is 8.24. The Hall–Kier alpha value is -4.07. The largest absolute Gasteiger partial charge is 0.496 e. The van der Waals surface area contributed by atoms with Crippen LogP contribution in [0.1, 0.15) is 25.8 Å². The molecule has 3 aliphatic heterocycles. The third-order valence-corrected chi connectivity index (χ3v) is 8.29. The van der Waals surface area contributed by atoms with Gasteiger partial charge in [-0.3, -0.25) is 9.48 Å². The lowest BCUT2D eigenvalue weighted by Crippen LogP contribution is -2.56. The number of carbonyl (C=O) groups excluding carboxylic acids is 1. The monoisotopic (exact) mass is 557 g/mol. The minimum Gasteiger partial charge on any atom is -0.496 e. The maximum absolute atomic E-state index is 14.0. The molecule has 0 unspecified atom stereocenters. The second kappa shape index (κ2) is 10.5. The molecule has 1 fully saturated rings. The average molecular weight is 558 g/mol. The number of hydrogen-bond acceptors (Lipinski definition) is 8. The second-order valence-electron chi connectivity index (χ2n) is 10.6. The fourth-order valence-corrected chi connectivity index (χ4v) is 6.22. The van der Waals surface area contributed by atoms with Crippen molar-refractivity contribution in [2.75, 3.05) is 44.9 Å². The summed E-state index contributed by atoms with van der Waals surface area (Å²) < 4.78 is 19.5. The molecule has 0 spiro atoms. The van der Waals surface area contributed by atoms with E-state index in [0.29, 0.717) is 56.3 Å². The van der Waals surface area contributed by atoms with Crippen LogP contribution in [-0.2, 0) is 16.1 Å². The first-order valence-corrected chi connectivity index (χ1v) is 14.2. The third kappa shape index (κ3) is 4.55. The van der Waals surface area contributed by atoms with E-state index in [1.54, 1.807) is 29.3 Å². The summed E-state index contributed by atoms with van der Waals surface area (Å²) >= 11 is 1.64. The predicted octanol–water partition coefficient (Wildman–Crippen LogP) is 4.72. The molecule has 0 radical (unpaired) electrons. The molecule has 40 heavy (non-hydrogen) atoms. The van der Waals surface area contributed by atoms with Gasteiger partial charge in [0.25, 0.3) is 5.91 Å². The summed E-state index contributed by atoms with van der Waals surface area (Å²) in [7, 11) is 1.64. The van der Waals surface area contributed by atoms with E-state index in [1.165, 1.54) is 0 Å². The first kappa shape index (κ1) is 26.2. The van der Waals surface area contributed by atoms with Gasteiger partial charge in [0.1, 0.15) is 18.1 Å². The maximum Gasteiger partial charge on any atom is 0.254 e. The molecule has 0 atom stereocenters. The first-order valence-electron chi connectivity index (χ1n) is 13.3. The Balaban J connectivity index is 1.48. The van der Waals surface area contributed by atoms with Crippen LogP contribution in [0.15, 0.2) is 58.6 Å². The lowest BCUT2D eigenvalue weighted by atomic mass is 9.89. The molecule has 1 amide bonds. The smallest absolute Gasteiger partial charge is 0.254 e. The van der Waals surface area contributed by atoms with Crippen LogP contribution in [0.25, 0.3) is 16.8 Å².